The first kappa shape index (κ1) is 11.7. The van der Waals surface area contributed by atoms with Crippen LogP contribution >= 0.6 is 0 Å². The second-order valence-corrected chi connectivity index (χ2v) is 3.72. The van der Waals surface area contributed by atoms with Crippen LogP contribution in [0.5, 0.6) is 0 Å². The Kier molecular flexibility index (Phi) is 8.57. The Morgan fingerprint density at radius 3 is 2.50 bits per heavy atom. The summed E-state index contributed by atoms with van der Waals surface area (Å²) in [5, 5.41) is 3.43. The molecular weight excluding hydrogens is 146 g/mol. The fourth-order valence-corrected chi connectivity index (χ4v) is 1.13. The van der Waals surface area contributed by atoms with E-state index < -0.39 is 0 Å². The smallest absolute Gasteiger partial charge is 0.00460 e. The Hall–Kier alpha value is -0.300. The Labute approximate surface area is 77.2 Å². The van der Waals surface area contributed by atoms with Gasteiger partial charge < -0.3 is 5.32 Å². The minimum Gasteiger partial charge on any atom is -0.317 e. The molecule has 12 heavy (non-hydrogen) atoms. The van der Waals surface area contributed by atoms with E-state index in [9.17, 15) is 0 Å². The van der Waals surface area contributed by atoms with Crippen LogP contribution in [0.4, 0.5) is 0 Å². The van der Waals surface area contributed by atoms with Crippen molar-refractivity contribution in [3.63, 3.8) is 0 Å². The summed E-state index contributed by atoms with van der Waals surface area (Å²) in [6.45, 7) is 10.6. The average molecular weight is 169 g/mol. The molecular formula is C11H23N. The van der Waals surface area contributed by atoms with Gasteiger partial charge in [-0.1, -0.05) is 19.9 Å². The molecule has 72 valence electrons. The van der Waals surface area contributed by atoms with E-state index in [-0.39, 0.29) is 0 Å². The van der Waals surface area contributed by atoms with Gasteiger partial charge in [0.15, 0.2) is 0 Å². The molecule has 0 heterocycles. The molecule has 0 aromatic rings. The molecule has 0 unspecified atom stereocenters. The van der Waals surface area contributed by atoms with Crippen molar-refractivity contribution in [2.75, 3.05) is 13.1 Å². The molecule has 0 fully saturated rings. The monoisotopic (exact) mass is 169 g/mol. The first-order valence-corrected chi connectivity index (χ1v) is 5.09. The van der Waals surface area contributed by atoms with Crippen LogP contribution in [0.15, 0.2) is 12.7 Å². The highest BCUT2D eigenvalue weighted by Crippen LogP contribution is 2.01. The summed E-state index contributed by atoms with van der Waals surface area (Å²) in [7, 11) is 0. The van der Waals surface area contributed by atoms with E-state index >= 15 is 0 Å². The predicted octanol–water partition coefficient (Wildman–Crippen LogP) is 2.98. The van der Waals surface area contributed by atoms with Crippen molar-refractivity contribution in [3.8, 4) is 0 Å². The van der Waals surface area contributed by atoms with Gasteiger partial charge in [-0.3, -0.25) is 0 Å². The van der Waals surface area contributed by atoms with Gasteiger partial charge in [0.25, 0.3) is 0 Å². The summed E-state index contributed by atoms with van der Waals surface area (Å²) in [5.74, 6) is 0.847. The Balaban J connectivity index is 2.86. The van der Waals surface area contributed by atoms with E-state index in [1.807, 2.05) is 6.08 Å². The number of rotatable bonds is 8. The minimum atomic E-state index is 0.847. The van der Waals surface area contributed by atoms with Crippen LogP contribution in [0.25, 0.3) is 0 Å². The molecule has 0 aliphatic carbocycles. The van der Waals surface area contributed by atoms with E-state index in [2.05, 4.69) is 25.7 Å². The van der Waals surface area contributed by atoms with Gasteiger partial charge in [-0.2, -0.15) is 0 Å². The quantitative estimate of drug-likeness (QED) is 0.435. The maximum Gasteiger partial charge on any atom is -0.00460 e. The molecule has 0 aromatic heterocycles. The van der Waals surface area contributed by atoms with Crippen molar-refractivity contribution in [2.24, 2.45) is 5.92 Å². The third-order valence-corrected chi connectivity index (χ3v) is 1.90. The zero-order valence-corrected chi connectivity index (χ0v) is 8.60. The topological polar surface area (TPSA) is 12.0 Å². The summed E-state index contributed by atoms with van der Waals surface area (Å²) in [4.78, 5) is 0. The summed E-state index contributed by atoms with van der Waals surface area (Å²) in [6.07, 6.45) is 7.00. The standard InChI is InChI=1S/C11H23N/c1-4-5-6-9-12-10-7-8-11(2)3/h4,11-12H,1,5-10H2,2-3H3. The summed E-state index contributed by atoms with van der Waals surface area (Å²) < 4.78 is 0. The molecule has 0 aliphatic rings. The second-order valence-electron chi connectivity index (χ2n) is 3.72. The number of nitrogens with one attached hydrogen (secondary N) is 1. The van der Waals surface area contributed by atoms with Crippen LogP contribution in [0.2, 0.25) is 0 Å². The Bertz CT molecular complexity index is 97.2. The van der Waals surface area contributed by atoms with Gasteiger partial charge in [0, 0.05) is 0 Å². The van der Waals surface area contributed by atoms with Crippen molar-refractivity contribution < 1.29 is 0 Å². The van der Waals surface area contributed by atoms with Crippen LogP contribution in [0.1, 0.15) is 39.5 Å². The van der Waals surface area contributed by atoms with E-state index in [0.29, 0.717) is 0 Å². The SMILES string of the molecule is C=CCCCNCCCC(C)C. The van der Waals surface area contributed by atoms with Crippen LogP contribution in [-0.2, 0) is 0 Å². The van der Waals surface area contributed by atoms with Gasteiger partial charge in [0.05, 0.1) is 0 Å². The lowest BCUT2D eigenvalue weighted by Crippen LogP contribution is -2.16. The summed E-state index contributed by atoms with van der Waals surface area (Å²) >= 11 is 0. The van der Waals surface area contributed by atoms with Gasteiger partial charge in [-0.05, 0) is 44.7 Å². The number of unbranched alkanes of at least 4 members (excludes halogenated alkanes) is 1. The Morgan fingerprint density at radius 2 is 1.92 bits per heavy atom. The molecule has 0 bridgehead atoms. The van der Waals surface area contributed by atoms with E-state index in [1.54, 1.807) is 0 Å². The van der Waals surface area contributed by atoms with Crippen molar-refractivity contribution in [1.29, 1.82) is 0 Å². The molecule has 0 aromatic carbocycles. The van der Waals surface area contributed by atoms with Gasteiger partial charge in [0.2, 0.25) is 0 Å². The van der Waals surface area contributed by atoms with Gasteiger partial charge in [-0.25, -0.2) is 0 Å². The summed E-state index contributed by atoms with van der Waals surface area (Å²) in [5.41, 5.74) is 0. The van der Waals surface area contributed by atoms with E-state index in [0.717, 1.165) is 18.9 Å². The fraction of sp³-hybridized carbons (Fsp3) is 0.818. The third-order valence-electron chi connectivity index (χ3n) is 1.90. The summed E-state index contributed by atoms with van der Waals surface area (Å²) in [6, 6.07) is 0. The second kappa shape index (κ2) is 8.79. The Morgan fingerprint density at radius 1 is 1.25 bits per heavy atom. The molecule has 0 saturated heterocycles. The molecule has 0 amide bonds. The lowest BCUT2D eigenvalue weighted by Gasteiger charge is -2.05. The minimum absolute atomic E-state index is 0.847. The number of hydrogen-bond donors (Lipinski definition) is 1. The fourth-order valence-electron chi connectivity index (χ4n) is 1.13. The lowest BCUT2D eigenvalue weighted by molar-refractivity contribution is 0.525. The van der Waals surface area contributed by atoms with Crippen molar-refractivity contribution in [3.05, 3.63) is 12.7 Å². The first-order chi connectivity index (χ1) is 5.77. The van der Waals surface area contributed by atoms with Crippen molar-refractivity contribution >= 4 is 0 Å². The zero-order chi connectivity index (χ0) is 9.23. The van der Waals surface area contributed by atoms with Crippen molar-refractivity contribution in [2.45, 2.75) is 39.5 Å². The average Bonchev–Trinajstić information content (AvgIpc) is 2.02. The predicted molar refractivity (Wildman–Crippen MR) is 56.4 cm³/mol. The van der Waals surface area contributed by atoms with E-state index in [1.165, 1.54) is 25.8 Å². The highest BCUT2D eigenvalue weighted by Gasteiger charge is 1.92. The molecule has 1 N–H and O–H groups in total. The maximum absolute atomic E-state index is 3.69. The van der Waals surface area contributed by atoms with E-state index in [4.69, 9.17) is 0 Å². The van der Waals surface area contributed by atoms with Gasteiger partial charge in [-0.15, -0.1) is 6.58 Å². The largest absolute Gasteiger partial charge is 0.317 e. The third kappa shape index (κ3) is 9.70. The highest BCUT2D eigenvalue weighted by molar-refractivity contribution is 4.66. The maximum atomic E-state index is 3.69. The van der Waals surface area contributed by atoms with Crippen LogP contribution < -0.4 is 5.32 Å². The highest BCUT2D eigenvalue weighted by atomic mass is 14.8. The molecule has 0 aliphatic heterocycles. The van der Waals surface area contributed by atoms with Crippen LogP contribution in [-0.4, -0.2) is 13.1 Å². The van der Waals surface area contributed by atoms with Crippen molar-refractivity contribution in [1.82, 2.24) is 5.32 Å². The molecule has 0 radical (unpaired) electrons. The number of allylic oxidation sites excluding steroid dienone is 1. The van der Waals surface area contributed by atoms with Crippen LogP contribution in [0, 0.1) is 5.92 Å². The lowest BCUT2D eigenvalue weighted by atomic mass is 10.1. The normalized spacial score (nSPS) is 10.6. The molecule has 0 atom stereocenters. The van der Waals surface area contributed by atoms with Crippen LogP contribution in [0.3, 0.4) is 0 Å². The van der Waals surface area contributed by atoms with Gasteiger partial charge in [0.1, 0.15) is 0 Å². The molecule has 0 saturated carbocycles. The molecule has 0 spiro atoms. The zero-order valence-electron chi connectivity index (χ0n) is 8.60. The molecule has 0 rings (SSSR count). The number of hydrogen-bond acceptors (Lipinski definition) is 1. The molecule has 1 heteroatoms. The van der Waals surface area contributed by atoms with Gasteiger partial charge >= 0.3 is 0 Å². The first-order valence-electron chi connectivity index (χ1n) is 5.09. The molecule has 1 nitrogen and oxygen atoms in total.